The zero-order valence-corrected chi connectivity index (χ0v) is 37.4. The highest BCUT2D eigenvalue weighted by Gasteiger charge is 2.47. The fourth-order valence-electron chi connectivity index (χ4n) is 7.50. The monoisotopic (exact) mass is 877 g/mol. The molecule has 2 heterocycles. The van der Waals surface area contributed by atoms with Crippen molar-refractivity contribution in [3.8, 4) is 0 Å². The van der Waals surface area contributed by atoms with Crippen LogP contribution in [0.2, 0.25) is 0 Å². The van der Waals surface area contributed by atoms with Crippen LogP contribution in [0.1, 0.15) is 174 Å². The lowest BCUT2D eigenvalue weighted by atomic mass is 9.98. The van der Waals surface area contributed by atoms with Gasteiger partial charge < -0.3 is 64.2 Å². The second kappa shape index (κ2) is 34.6. The summed E-state index contributed by atoms with van der Waals surface area (Å²) in [6, 6.07) is 0. The van der Waals surface area contributed by atoms with E-state index in [9.17, 15) is 45.3 Å². The van der Waals surface area contributed by atoms with Crippen LogP contribution in [-0.2, 0) is 38.0 Å². The van der Waals surface area contributed by atoms with Crippen LogP contribution in [0.5, 0.6) is 0 Å². The number of allylic oxidation sites excluding steroid dienone is 2. The maximum Gasteiger partial charge on any atom is 0.306 e. The number of carbonyl (C=O) groups is 2. The van der Waals surface area contributed by atoms with Crippen molar-refractivity contribution < 1.29 is 73.8 Å². The molecule has 61 heavy (non-hydrogen) atoms. The third-order valence-electron chi connectivity index (χ3n) is 11.5. The lowest BCUT2D eigenvalue weighted by Crippen LogP contribution is -2.61. The number of rotatable bonds is 36. The molecule has 0 bridgehead atoms. The fraction of sp³-hybridized carbons (Fsp3) is 0.913. The molecule has 2 aliphatic heterocycles. The van der Waals surface area contributed by atoms with E-state index in [1.165, 1.54) is 77.0 Å². The topological polar surface area (TPSA) is 231 Å². The summed E-state index contributed by atoms with van der Waals surface area (Å²) in [6.07, 6.45) is 13.9. The Morgan fingerprint density at radius 2 is 0.934 bits per heavy atom. The Balaban J connectivity index is 1.85. The molecule has 2 aliphatic rings. The molecular formula is C46H84O15. The van der Waals surface area contributed by atoms with Crippen LogP contribution in [0.4, 0.5) is 0 Å². The van der Waals surface area contributed by atoms with Crippen LogP contribution in [0, 0.1) is 0 Å². The van der Waals surface area contributed by atoms with Gasteiger partial charge >= 0.3 is 11.9 Å². The molecule has 7 N–H and O–H groups in total. The van der Waals surface area contributed by atoms with Crippen LogP contribution in [-0.4, -0.2) is 142 Å². The van der Waals surface area contributed by atoms with E-state index in [0.29, 0.717) is 12.8 Å². The van der Waals surface area contributed by atoms with E-state index >= 15 is 0 Å². The number of esters is 2. The Kier molecular flexibility index (Phi) is 31.4. The first-order valence-electron chi connectivity index (χ1n) is 23.8. The van der Waals surface area contributed by atoms with Gasteiger partial charge in [-0.05, 0) is 38.5 Å². The van der Waals surface area contributed by atoms with E-state index in [4.69, 9.17) is 28.4 Å². The van der Waals surface area contributed by atoms with Crippen molar-refractivity contribution >= 4 is 11.9 Å². The van der Waals surface area contributed by atoms with Crippen molar-refractivity contribution in [1.29, 1.82) is 0 Å². The SMILES string of the molecule is CCCCC/C=C\CCCCCCCC(=O)OC(COC(=O)CCCCCCCCCCCCCCC)COC1OC(COC2OC(CO)C(O)C(O)C2O)C(O)C(O)C1O. The molecule has 2 saturated heterocycles. The lowest BCUT2D eigenvalue weighted by Gasteiger charge is -2.42. The van der Waals surface area contributed by atoms with Crippen LogP contribution in [0.25, 0.3) is 0 Å². The molecule has 0 aromatic carbocycles. The molecule has 15 nitrogen and oxygen atoms in total. The molecule has 11 unspecified atom stereocenters. The molecule has 2 fully saturated rings. The molecule has 0 aliphatic carbocycles. The van der Waals surface area contributed by atoms with Gasteiger partial charge in [0.15, 0.2) is 18.7 Å². The third-order valence-corrected chi connectivity index (χ3v) is 11.5. The predicted molar refractivity (Wildman–Crippen MR) is 229 cm³/mol. The summed E-state index contributed by atoms with van der Waals surface area (Å²) in [5.41, 5.74) is 0. The van der Waals surface area contributed by atoms with E-state index in [0.717, 1.165) is 57.8 Å². The van der Waals surface area contributed by atoms with Crippen LogP contribution in [0.15, 0.2) is 12.2 Å². The largest absolute Gasteiger partial charge is 0.462 e. The van der Waals surface area contributed by atoms with E-state index < -0.39 is 92.7 Å². The summed E-state index contributed by atoms with van der Waals surface area (Å²) >= 11 is 0. The van der Waals surface area contributed by atoms with E-state index in [1.54, 1.807) is 0 Å². The molecule has 15 heteroatoms. The Labute approximate surface area is 365 Å². The fourth-order valence-corrected chi connectivity index (χ4v) is 7.50. The summed E-state index contributed by atoms with van der Waals surface area (Å²) < 4.78 is 33.5. The highest BCUT2D eigenvalue weighted by atomic mass is 16.7. The van der Waals surface area contributed by atoms with Crippen molar-refractivity contribution in [3.05, 3.63) is 12.2 Å². The molecule has 0 aromatic rings. The van der Waals surface area contributed by atoms with Crippen molar-refractivity contribution in [1.82, 2.24) is 0 Å². The van der Waals surface area contributed by atoms with Gasteiger partial charge in [0.05, 0.1) is 19.8 Å². The Bertz CT molecular complexity index is 1120. The third kappa shape index (κ3) is 23.7. The molecule has 358 valence electrons. The van der Waals surface area contributed by atoms with Gasteiger partial charge in [-0.3, -0.25) is 9.59 Å². The van der Waals surface area contributed by atoms with Crippen molar-refractivity contribution in [3.63, 3.8) is 0 Å². The molecule has 0 aromatic heterocycles. The lowest BCUT2D eigenvalue weighted by molar-refractivity contribution is -0.332. The van der Waals surface area contributed by atoms with E-state index in [2.05, 4.69) is 26.0 Å². The maximum absolute atomic E-state index is 12.9. The van der Waals surface area contributed by atoms with Crippen molar-refractivity contribution in [2.24, 2.45) is 0 Å². The van der Waals surface area contributed by atoms with Gasteiger partial charge in [0.2, 0.25) is 0 Å². The van der Waals surface area contributed by atoms with Crippen molar-refractivity contribution in [2.45, 2.75) is 242 Å². The summed E-state index contributed by atoms with van der Waals surface area (Å²) in [5, 5.41) is 71.9. The minimum atomic E-state index is -1.76. The molecule has 0 saturated carbocycles. The maximum atomic E-state index is 12.9. The van der Waals surface area contributed by atoms with Gasteiger partial charge in [-0.1, -0.05) is 135 Å². The minimum absolute atomic E-state index is 0.158. The average Bonchev–Trinajstić information content (AvgIpc) is 3.25. The van der Waals surface area contributed by atoms with Crippen LogP contribution in [0.3, 0.4) is 0 Å². The second-order valence-corrected chi connectivity index (χ2v) is 16.9. The molecular weight excluding hydrogens is 792 g/mol. The summed E-state index contributed by atoms with van der Waals surface area (Å²) in [6.45, 7) is 2.55. The van der Waals surface area contributed by atoms with Gasteiger partial charge in [0.1, 0.15) is 55.4 Å². The summed E-state index contributed by atoms with van der Waals surface area (Å²) in [7, 11) is 0. The predicted octanol–water partition coefficient (Wildman–Crippen LogP) is 5.43. The second-order valence-electron chi connectivity index (χ2n) is 16.9. The number of hydrogen-bond acceptors (Lipinski definition) is 15. The molecule has 0 amide bonds. The van der Waals surface area contributed by atoms with Crippen LogP contribution >= 0.6 is 0 Å². The summed E-state index contributed by atoms with van der Waals surface area (Å²) in [5.74, 6) is -0.930. The number of aliphatic hydroxyl groups excluding tert-OH is 7. The number of carbonyl (C=O) groups excluding carboxylic acids is 2. The van der Waals surface area contributed by atoms with Crippen molar-refractivity contribution in [2.75, 3.05) is 26.4 Å². The normalized spacial score (nSPS) is 27.4. The number of unbranched alkanes of at least 4 members (excludes halogenated alkanes) is 20. The van der Waals surface area contributed by atoms with Gasteiger partial charge in [0, 0.05) is 12.8 Å². The Morgan fingerprint density at radius 3 is 1.48 bits per heavy atom. The Hall–Kier alpha value is -1.76. The number of ether oxygens (including phenoxy) is 6. The van der Waals surface area contributed by atoms with Gasteiger partial charge in [0.25, 0.3) is 0 Å². The first-order valence-corrected chi connectivity index (χ1v) is 23.8. The number of hydrogen-bond donors (Lipinski definition) is 7. The first kappa shape index (κ1) is 55.4. The highest BCUT2D eigenvalue weighted by Crippen LogP contribution is 2.26. The molecule has 0 radical (unpaired) electrons. The van der Waals surface area contributed by atoms with Gasteiger partial charge in [-0.2, -0.15) is 0 Å². The van der Waals surface area contributed by atoms with Gasteiger partial charge in [-0.25, -0.2) is 0 Å². The zero-order chi connectivity index (χ0) is 44.7. The minimum Gasteiger partial charge on any atom is -0.462 e. The van der Waals surface area contributed by atoms with E-state index in [1.807, 2.05) is 0 Å². The highest BCUT2D eigenvalue weighted by molar-refractivity contribution is 5.70. The molecule has 11 atom stereocenters. The smallest absolute Gasteiger partial charge is 0.306 e. The summed E-state index contributed by atoms with van der Waals surface area (Å²) in [4.78, 5) is 25.6. The standard InChI is InChI=1S/C46H84O15/c1-3-5-7-9-11-13-15-17-19-20-22-24-26-28-37(48)56-31-34(59-38(49)29-27-25-23-21-18-16-14-12-10-8-6-4-2)32-57-45-44(55)42(53)40(51)36(61-45)33-58-46-43(54)41(52)39(50)35(30-47)60-46/h12,14,34-36,39-47,50-55H,3-11,13,15-33H2,1-2H3/b14-12-. The molecule has 0 spiro atoms. The first-order chi connectivity index (χ1) is 29.5. The van der Waals surface area contributed by atoms with Gasteiger partial charge in [-0.15, -0.1) is 0 Å². The molecule has 2 rings (SSSR count). The Morgan fingerprint density at radius 1 is 0.508 bits per heavy atom. The number of aliphatic hydroxyl groups is 7. The quantitative estimate of drug-likeness (QED) is 0.0236. The van der Waals surface area contributed by atoms with E-state index in [-0.39, 0.29) is 26.1 Å². The zero-order valence-electron chi connectivity index (χ0n) is 37.4. The van der Waals surface area contributed by atoms with Crippen LogP contribution < -0.4 is 0 Å². The average molecular weight is 877 g/mol.